The molecule has 3 rings (SSSR count). The van der Waals surface area contributed by atoms with Gasteiger partial charge >= 0.3 is 0 Å². The van der Waals surface area contributed by atoms with Crippen LogP contribution in [0.5, 0.6) is 0 Å². The molecule has 1 aromatic carbocycles. The van der Waals surface area contributed by atoms with Crippen LogP contribution < -0.4 is 10.9 Å². The van der Waals surface area contributed by atoms with E-state index in [0.29, 0.717) is 28.3 Å². The fraction of sp³-hybridized carbons (Fsp3) is 0.500. The number of hydrogen-bond donors (Lipinski definition) is 2. The van der Waals surface area contributed by atoms with Crippen LogP contribution in [0.1, 0.15) is 42.5 Å². The van der Waals surface area contributed by atoms with Gasteiger partial charge in [-0.1, -0.05) is 29.6 Å². The van der Waals surface area contributed by atoms with Crippen molar-refractivity contribution < 1.29 is 9.59 Å². The Morgan fingerprint density at radius 2 is 1.95 bits per heavy atom. The third-order valence-corrected chi connectivity index (χ3v) is 5.39. The molecule has 2 saturated carbocycles. The van der Waals surface area contributed by atoms with Crippen molar-refractivity contribution in [3.05, 3.63) is 33.8 Å². The number of hydrazine groups is 1. The Labute approximate surface area is 139 Å². The highest BCUT2D eigenvalue weighted by molar-refractivity contribution is 6.35. The maximum Gasteiger partial charge on any atom is 0.271 e. The molecule has 2 aliphatic carbocycles. The summed E-state index contributed by atoms with van der Waals surface area (Å²) in [6.07, 6.45) is 5.44. The van der Waals surface area contributed by atoms with Crippen LogP contribution in [0, 0.1) is 17.8 Å². The fourth-order valence-corrected chi connectivity index (χ4v) is 4.16. The van der Waals surface area contributed by atoms with Crippen LogP contribution in [0.3, 0.4) is 0 Å². The van der Waals surface area contributed by atoms with E-state index < -0.39 is 5.91 Å². The van der Waals surface area contributed by atoms with Crippen LogP contribution in [0.25, 0.3) is 0 Å². The molecule has 0 saturated heterocycles. The van der Waals surface area contributed by atoms with Gasteiger partial charge in [0.1, 0.15) is 0 Å². The van der Waals surface area contributed by atoms with E-state index in [2.05, 4.69) is 10.9 Å². The molecule has 6 heteroatoms. The van der Waals surface area contributed by atoms with Gasteiger partial charge in [0.2, 0.25) is 5.91 Å². The van der Waals surface area contributed by atoms with Gasteiger partial charge in [0.15, 0.2) is 0 Å². The zero-order valence-corrected chi connectivity index (χ0v) is 13.6. The third kappa shape index (κ3) is 3.39. The summed E-state index contributed by atoms with van der Waals surface area (Å²) in [6.45, 7) is 0. The molecule has 0 aliphatic heterocycles. The molecule has 2 amide bonds. The number of rotatable bonds is 3. The second kappa shape index (κ2) is 6.47. The highest BCUT2D eigenvalue weighted by Gasteiger charge is 2.40. The van der Waals surface area contributed by atoms with Gasteiger partial charge < -0.3 is 0 Å². The summed E-state index contributed by atoms with van der Waals surface area (Å²) >= 11 is 11.8. The first-order chi connectivity index (χ1) is 10.5. The van der Waals surface area contributed by atoms with E-state index in [9.17, 15) is 9.59 Å². The van der Waals surface area contributed by atoms with Crippen molar-refractivity contribution in [2.75, 3.05) is 0 Å². The molecule has 0 aromatic heterocycles. The van der Waals surface area contributed by atoms with Crippen molar-refractivity contribution in [1.29, 1.82) is 0 Å². The lowest BCUT2D eigenvalue weighted by Gasteiger charge is -2.20. The van der Waals surface area contributed by atoms with Crippen LogP contribution in [0.15, 0.2) is 18.2 Å². The minimum Gasteiger partial charge on any atom is -0.273 e. The zero-order valence-electron chi connectivity index (χ0n) is 12.1. The lowest BCUT2D eigenvalue weighted by atomic mass is 9.86. The van der Waals surface area contributed by atoms with Crippen LogP contribution in [-0.2, 0) is 4.79 Å². The number of carbonyl (C=O) groups excluding carboxylic acids is 2. The van der Waals surface area contributed by atoms with E-state index in [1.165, 1.54) is 25.3 Å². The van der Waals surface area contributed by atoms with Crippen molar-refractivity contribution in [1.82, 2.24) is 10.9 Å². The molecule has 0 radical (unpaired) electrons. The molecule has 2 aliphatic rings. The molecule has 1 aromatic rings. The predicted octanol–water partition coefficient (Wildman–Crippen LogP) is 3.58. The van der Waals surface area contributed by atoms with Gasteiger partial charge in [-0.3, -0.25) is 20.4 Å². The minimum absolute atomic E-state index is 0.149. The summed E-state index contributed by atoms with van der Waals surface area (Å²) in [5.74, 6) is 1.35. The van der Waals surface area contributed by atoms with Crippen molar-refractivity contribution in [3.8, 4) is 0 Å². The molecule has 22 heavy (non-hydrogen) atoms. The highest BCUT2D eigenvalue weighted by Crippen LogP contribution is 2.49. The van der Waals surface area contributed by atoms with Gasteiger partial charge in [-0.25, -0.2) is 0 Å². The summed E-state index contributed by atoms with van der Waals surface area (Å²) in [7, 11) is 0. The number of benzene rings is 1. The Morgan fingerprint density at radius 1 is 1.14 bits per heavy atom. The summed E-state index contributed by atoms with van der Waals surface area (Å²) in [4.78, 5) is 24.0. The van der Waals surface area contributed by atoms with E-state index in [0.717, 1.165) is 12.3 Å². The molecule has 118 valence electrons. The number of amides is 2. The van der Waals surface area contributed by atoms with Crippen molar-refractivity contribution in [2.45, 2.75) is 32.1 Å². The van der Waals surface area contributed by atoms with Gasteiger partial charge in [-0.2, -0.15) is 0 Å². The van der Waals surface area contributed by atoms with E-state index in [1.54, 1.807) is 12.1 Å². The molecule has 4 nitrogen and oxygen atoms in total. The number of carbonyl (C=O) groups is 2. The Morgan fingerprint density at radius 3 is 2.64 bits per heavy atom. The Hall–Kier alpha value is -1.26. The van der Waals surface area contributed by atoms with Crippen LogP contribution in [0.2, 0.25) is 10.0 Å². The summed E-state index contributed by atoms with van der Waals surface area (Å²) < 4.78 is 0. The molecule has 2 fully saturated rings. The van der Waals surface area contributed by atoms with Gasteiger partial charge in [0.05, 0.1) is 10.6 Å². The quantitative estimate of drug-likeness (QED) is 0.826. The normalized spacial score (nSPS) is 26.0. The number of nitrogens with one attached hydrogen (secondary N) is 2. The largest absolute Gasteiger partial charge is 0.273 e. The fourth-order valence-electron chi connectivity index (χ4n) is 3.78. The van der Waals surface area contributed by atoms with E-state index >= 15 is 0 Å². The standard InChI is InChI=1S/C16H18Cl2N2O2/c17-12-3-4-14(18)13(8-12)16(22)20-19-15(21)7-11-6-9-1-2-10(11)5-9/h3-4,8-11H,1-2,5-7H2,(H,19,21)(H,20,22)/t9-,10+,11+/m0/s1. The SMILES string of the molecule is O=C(C[C@H]1C[C@H]2CC[C@@H]1C2)NNC(=O)c1cc(Cl)ccc1Cl. The summed E-state index contributed by atoms with van der Waals surface area (Å²) in [5.41, 5.74) is 5.12. The lowest BCUT2D eigenvalue weighted by molar-refractivity contribution is -0.123. The molecule has 0 unspecified atom stereocenters. The summed E-state index contributed by atoms with van der Waals surface area (Å²) in [6, 6.07) is 4.63. The Kier molecular flexibility index (Phi) is 4.59. The molecule has 2 N–H and O–H groups in total. The Balaban J connectivity index is 1.50. The van der Waals surface area contributed by atoms with Gasteiger partial charge in [0, 0.05) is 11.4 Å². The van der Waals surface area contributed by atoms with E-state index in [1.807, 2.05) is 0 Å². The van der Waals surface area contributed by atoms with Crippen molar-refractivity contribution >= 4 is 35.0 Å². The highest BCUT2D eigenvalue weighted by atomic mass is 35.5. The lowest BCUT2D eigenvalue weighted by Crippen LogP contribution is -2.42. The molecular weight excluding hydrogens is 323 g/mol. The first kappa shape index (κ1) is 15.6. The second-order valence-corrected chi connectivity index (χ2v) is 7.11. The van der Waals surface area contributed by atoms with Crippen LogP contribution >= 0.6 is 23.2 Å². The second-order valence-electron chi connectivity index (χ2n) is 6.27. The molecule has 3 atom stereocenters. The van der Waals surface area contributed by atoms with Crippen LogP contribution in [-0.4, -0.2) is 11.8 Å². The zero-order chi connectivity index (χ0) is 15.7. The minimum atomic E-state index is -0.464. The van der Waals surface area contributed by atoms with Gasteiger partial charge in [-0.05, 0) is 55.2 Å². The maximum absolute atomic E-state index is 12.0. The molecule has 0 heterocycles. The van der Waals surface area contributed by atoms with Gasteiger partial charge in [-0.15, -0.1) is 0 Å². The van der Waals surface area contributed by atoms with E-state index in [4.69, 9.17) is 23.2 Å². The average molecular weight is 341 g/mol. The first-order valence-corrected chi connectivity index (χ1v) is 8.32. The average Bonchev–Trinajstić information content (AvgIpc) is 3.10. The smallest absolute Gasteiger partial charge is 0.271 e. The van der Waals surface area contributed by atoms with Gasteiger partial charge in [0.25, 0.3) is 5.91 Å². The molecule has 2 bridgehead atoms. The third-order valence-electron chi connectivity index (χ3n) is 4.82. The first-order valence-electron chi connectivity index (χ1n) is 7.57. The molecular formula is C16H18Cl2N2O2. The van der Waals surface area contributed by atoms with Crippen molar-refractivity contribution in [3.63, 3.8) is 0 Å². The predicted molar refractivity (Wildman–Crippen MR) is 85.6 cm³/mol. The number of hydrogen-bond acceptors (Lipinski definition) is 2. The van der Waals surface area contributed by atoms with Crippen molar-refractivity contribution in [2.24, 2.45) is 17.8 Å². The summed E-state index contributed by atoms with van der Waals surface area (Å²) in [5, 5.41) is 0.715. The topological polar surface area (TPSA) is 58.2 Å². The number of fused-ring (bicyclic) bond motifs is 2. The monoisotopic (exact) mass is 340 g/mol. The van der Waals surface area contributed by atoms with E-state index in [-0.39, 0.29) is 11.5 Å². The maximum atomic E-state index is 12.0. The number of halogens is 2. The molecule has 0 spiro atoms. The Bertz CT molecular complexity index is 606. The van der Waals surface area contributed by atoms with Crippen LogP contribution in [0.4, 0.5) is 0 Å².